The molecule has 136 valence electrons. The molecule has 5 nitrogen and oxygen atoms in total. The standard InChI is InChI=1S/C17H34N2O3S/c1-5-23(22)15-9-7-6-8-14(15)19-16(20)18-12-17(4,21)11-10-13(2)3/h13-15,21H,5-12H2,1-4H3,(H2,18,19,20). The molecule has 1 aliphatic rings. The molecule has 0 aromatic heterocycles. The maximum atomic E-state index is 12.1. The third kappa shape index (κ3) is 7.66. The Balaban J connectivity index is 2.43. The summed E-state index contributed by atoms with van der Waals surface area (Å²) in [5.74, 6) is 1.16. The van der Waals surface area contributed by atoms with Crippen molar-refractivity contribution in [3.63, 3.8) is 0 Å². The summed E-state index contributed by atoms with van der Waals surface area (Å²) in [5, 5.41) is 16.1. The predicted molar refractivity (Wildman–Crippen MR) is 96.0 cm³/mol. The molecule has 3 N–H and O–H groups in total. The van der Waals surface area contributed by atoms with Crippen LogP contribution in [-0.4, -0.2) is 44.5 Å². The Morgan fingerprint density at radius 3 is 2.61 bits per heavy atom. The molecule has 0 heterocycles. The first-order valence-corrected chi connectivity index (χ1v) is 10.3. The fourth-order valence-electron chi connectivity index (χ4n) is 2.97. The van der Waals surface area contributed by atoms with Crippen LogP contribution in [0.5, 0.6) is 0 Å². The first kappa shape index (κ1) is 20.4. The number of aliphatic hydroxyl groups is 1. The number of hydrogen-bond donors (Lipinski definition) is 3. The summed E-state index contributed by atoms with van der Waals surface area (Å²) in [5.41, 5.74) is -0.889. The zero-order chi connectivity index (χ0) is 17.5. The molecule has 2 amide bonds. The van der Waals surface area contributed by atoms with E-state index in [9.17, 15) is 14.1 Å². The highest BCUT2D eigenvalue weighted by atomic mass is 32.2. The van der Waals surface area contributed by atoms with Gasteiger partial charge in [0.2, 0.25) is 0 Å². The van der Waals surface area contributed by atoms with Gasteiger partial charge in [0.25, 0.3) is 0 Å². The zero-order valence-electron chi connectivity index (χ0n) is 15.1. The summed E-state index contributed by atoms with van der Waals surface area (Å²) in [4.78, 5) is 12.1. The molecule has 0 aromatic carbocycles. The van der Waals surface area contributed by atoms with Gasteiger partial charge in [-0.3, -0.25) is 4.21 Å². The lowest BCUT2D eigenvalue weighted by atomic mass is 9.94. The second-order valence-electron chi connectivity index (χ2n) is 7.36. The lowest BCUT2D eigenvalue weighted by Gasteiger charge is -2.32. The molecule has 0 aliphatic heterocycles. The predicted octanol–water partition coefficient (Wildman–Crippen LogP) is 2.55. The minimum absolute atomic E-state index is 0.0230. The van der Waals surface area contributed by atoms with E-state index in [0.29, 0.717) is 18.1 Å². The number of rotatable bonds is 8. The van der Waals surface area contributed by atoms with Gasteiger partial charge in [-0.2, -0.15) is 0 Å². The Bertz CT molecular complexity index is 399. The van der Waals surface area contributed by atoms with Crippen LogP contribution in [0.3, 0.4) is 0 Å². The van der Waals surface area contributed by atoms with Crippen molar-refractivity contribution in [2.24, 2.45) is 5.92 Å². The molecule has 0 bridgehead atoms. The van der Waals surface area contributed by atoms with Crippen LogP contribution >= 0.6 is 0 Å². The Hall–Kier alpha value is -0.620. The molecule has 1 saturated carbocycles. The van der Waals surface area contributed by atoms with Crippen molar-refractivity contribution in [2.45, 2.75) is 83.1 Å². The van der Waals surface area contributed by atoms with Crippen LogP contribution in [0.4, 0.5) is 4.79 Å². The van der Waals surface area contributed by atoms with E-state index in [1.807, 2.05) is 6.92 Å². The molecule has 0 saturated heterocycles. The molecule has 0 aromatic rings. The number of carbonyl (C=O) groups is 1. The second kappa shape index (κ2) is 9.62. The quantitative estimate of drug-likeness (QED) is 0.632. The highest BCUT2D eigenvalue weighted by Crippen LogP contribution is 2.23. The van der Waals surface area contributed by atoms with Gasteiger partial charge >= 0.3 is 6.03 Å². The number of urea groups is 1. The van der Waals surface area contributed by atoms with Crippen molar-refractivity contribution >= 4 is 16.8 Å². The molecule has 1 rings (SSSR count). The zero-order valence-corrected chi connectivity index (χ0v) is 15.9. The fourth-order valence-corrected chi connectivity index (χ4v) is 4.40. The normalized spacial score (nSPS) is 25.7. The van der Waals surface area contributed by atoms with Gasteiger partial charge in [-0.25, -0.2) is 4.79 Å². The molecule has 4 unspecified atom stereocenters. The molecule has 0 spiro atoms. The van der Waals surface area contributed by atoms with Crippen molar-refractivity contribution < 1.29 is 14.1 Å². The van der Waals surface area contributed by atoms with Gasteiger partial charge in [-0.1, -0.05) is 33.6 Å². The van der Waals surface area contributed by atoms with E-state index in [1.54, 1.807) is 6.92 Å². The maximum Gasteiger partial charge on any atom is 0.315 e. The third-order valence-corrected chi connectivity index (χ3v) is 6.34. The topological polar surface area (TPSA) is 78.4 Å². The van der Waals surface area contributed by atoms with Crippen LogP contribution in [-0.2, 0) is 10.8 Å². The van der Waals surface area contributed by atoms with Crippen LogP contribution in [0.15, 0.2) is 0 Å². The summed E-state index contributed by atoms with van der Waals surface area (Å²) >= 11 is 0. The first-order chi connectivity index (χ1) is 10.7. The molecule has 0 radical (unpaired) electrons. The Morgan fingerprint density at radius 2 is 2.00 bits per heavy atom. The van der Waals surface area contributed by atoms with Crippen LogP contribution in [0.25, 0.3) is 0 Å². The van der Waals surface area contributed by atoms with Gasteiger partial charge in [0.05, 0.1) is 10.9 Å². The Morgan fingerprint density at radius 1 is 1.35 bits per heavy atom. The van der Waals surface area contributed by atoms with Crippen LogP contribution in [0, 0.1) is 5.92 Å². The average molecular weight is 347 g/mol. The summed E-state index contributed by atoms with van der Waals surface area (Å²) in [6.07, 6.45) is 5.53. The van der Waals surface area contributed by atoms with Crippen molar-refractivity contribution in [3.05, 3.63) is 0 Å². The smallest absolute Gasteiger partial charge is 0.315 e. The van der Waals surface area contributed by atoms with Crippen LogP contribution in [0.2, 0.25) is 0 Å². The van der Waals surface area contributed by atoms with E-state index in [0.717, 1.165) is 32.1 Å². The monoisotopic (exact) mass is 346 g/mol. The van der Waals surface area contributed by atoms with Crippen molar-refractivity contribution in [1.82, 2.24) is 10.6 Å². The second-order valence-corrected chi connectivity index (χ2v) is 9.30. The van der Waals surface area contributed by atoms with Gasteiger partial charge in [-0.15, -0.1) is 0 Å². The summed E-state index contributed by atoms with van der Waals surface area (Å²) in [6.45, 7) is 8.15. The molecular formula is C17H34N2O3S. The number of amides is 2. The van der Waals surface area contributed by atoms with Crippen LogP contribution < -0.4 is 10.6 Å². The first-order valence-electron chi connectivity index (χ1n) is 8.89. The largest absolute Gasteiger partial charge is 0.388 e. The van der Waals surface area contributed by atoms with Crippen molar-refractivity contribution in [1.29, 1.82) is 0 Å². The van der Waals surface area contributed by atoms with Gasteiger partial charge in [0, 0.05) is 29.1 Å². The maximum absolute atomic E-state index is 12.1. The molecule has 1 aliphatic carbocycles. The van der Waals surface area contributed by atoms with Gasteiger partial charge in [0.1, 0.15) is 0 Å². The summed E-state index contributed by atoms with van der Waals surface area (Å²) < 4.78 is 12.1. The highest BCUT2D eigenvalue weighted by Gasteiger charge is 2.30. The summed E-state index contributed by atoms with van der Waals surface area (Å²) in [7, 11) is -0.881. The number of hydrogen-bond acceptors (Lipinski definition) is 3. The SMILES string of the molecule is CCS(=O)C1CCCCC1NC(=O)NCC(C)(O)CCC(C)C. The highest BCUT2D eigenvalue weighted by molar-refractivity contribution is 7.85. The van der Waals surface area contributed by atoms with Gasteiger partial charge in [0.15, 0.2) is 0 Å². The number of nitrogens with one attached hydrogen (secondary N) is 2. The van der Waals surface area contributed by atoms with Crippen LogP contribution in [0.1, 0.15) is 66.2 Å². The molecule has 1 fully saturated rings. The van der Waals surface area contributed by atoms with Gasteiger partial charge in [-0.05, 0) is 38.5 Å². The van der Waals surface area contributed by atoms with E-state index in [-0.39, 0.29) is 23.9 Å². The lowest BCUT2D eigenvalue weighted by Crippen LogP contribution is -2.52. The molecule has 23 heavy (non-hydrogen) atoms. The van der Waals surface area contributed by atoms with Crippen molar-refractivity contribution in [3.8, 4) is 0 Å². The van der Waals surface area contributed by atoms with E-state index in [4.69, 9.17) is 0 Å². The van der Waals surface area contributed by atoms with E-state index < -0.39 is 16.4 Å². The fraction of sp³-hybridized carbons (Fsp3) is 0.941. The third-order valence-electron chi connectivity index (χ3n) is 4.53. The lowest BCUT2D eigenvalue weighted by molar-refractivity contribution is 0.0475. The average Bonchev–Trinajstić information content (AvgIpc) is 2.51. The van der Waals surface area contributed by atoms with E-state index >= 15 is 0 Å². The molecular weight excluding hydrogens is 312 g/mol. The Kier molecular flexibility index (Phi) is 8.54. The van der Waals surface area contributed by atoms with Crippen molar-refractivity contribution in [2.75, 3.05) is 12.3 Å². The number of carbonyl (C=O) groups excluding carboxylic acids is 1. The summed E-state index contributed by atoms with van der Waals surface area (Å²) in [6, 6.07) is -0.287. The van der Waals surface area contributed by atoms with E-state index in [2.05, 4.69) is 24.5 Å². The Labute approximate surface area is 143 Å². The van der Waals surface area contributed by atoms with E-state index in [1.165, 1.54) is 0 Å². The minimum Gasteiger partial charge on any atom is -0.388 e. The molecule has 4 atom stereocenters. The molecule has 6 heteroatoms. The van der Waals surface area contributed by atoms with Gasteiger partial charge < -0.3 is 15.7 Å². The minimum atomic E-state index is -0.889.